The molecule has 1 amide bonds. The second kappa shape index (κ2) is 4.71. The van der Waals surface area contributed by atoms with Crippen molar-refractivity contribution in [2.45, 2.75) is 6.04 Å². The molecule has 0 saturated heterocycles. The van der Waals surface area contributed by atoms with Crippen molar-refractivity contribution in [1.29, 1.82) is 5.26 Å². The number of fused-ring (bicyclic) bond motifs is 1. The van der Waals surface area contributed by atoms with Gasteiger partial charge >= 0.3 is 0 Å². The Labute approximate surface area is 115 Å². The molecule has 0 bridgehead atoms. The third-order valence-electron chi connectivity index (χ3n) is 3.05. The summed E-state index contributed by atoms with van der Waals surface area (Å²) in [5.41, 5.74) is 1.61. The average molecular weight is 266 g/mol. The predicted molar refractivity (Wildman–Crippen MR) is 74.3 cm³/mol. The highest BCUT2D eigenvalue weighted by molar-refractivity contribution is 7.10. The summed E-state index contributed by atoms with van der Waals surface area (Å²) in [6.07, 6.45) is 3.57. The van der Waals surface area contributed by atoms with Gasteiger partial charge in [0.25, 0.3) is 5.91 Å². The summed E-state index contributed by atoms with van der Waals surface area (Å²) in [5.74, 6) is -0.151. The quantitative estimate of drug-likeness (QED) is 0.793. The van der Waals surface area contributed by atoms with Crippen LogP contribution >= 0.6 is 11.3 Å². The van der Waals surface area contributed by atoms with Crippen molar-refractivity contribution in [3.8, 4) is 6.07 Å². The monoisotopic (exact) mass is 266 g/mol. The van der Waals surface area contributed by atoms with Crippen molar-refractivity contribution >= 4 is 23.3 Å². The van der Waals surface area contributed by atoms with Crippen LogP contribution in [0.5, 0.6) is 0 Å². The zero-order valence-electron chi connectivity index (χ0n) is 9.98. The zero-order valence-corrected chi connectivity index (χ0v) is 10.8. The maximum Gasteiger partial charge on any atom is 0.259 e. The van der Waals surface area contributed by atoms with Crippen LogP contribution in [0.1, 0.15) is 26.8 Å². The summed E-state index contributed by atoms with van der Waals surface area (Å²) in [6.45, 7) is 0. The summed E-state index contributed by atoms with van der Waals surface area (Å²) >= 11 is 1.51. The highest BCUT2D eigenvalue weighted by Gasteiger charge is 2.29. The molecule has 4 heteroatoms. The smallest absolute Gasteiger partial charge is 0.259 e. The minimum Gasteiger partial charge on any atom is -0.293 e. The van der Waals surface area contributed by atoms with Crippen LogP contribution in [-0.2, 0) is 0 Å². The van der Waals surface area contributed by atoms with Crippen LogP contribution in [0.3, 0.4) is 0 Å². The van der Waals surface area contributed by atoms with Crippen molar-refractivity contribution < 1.29 is 4.79 Å². The molecule has 1 atom stereocenters. The van der Waals surface area contributed by atoms with E-state index >= 15 is 0 Å². The van der Waals surface area contributed by atoms with E-state index in [0.29, 0.717) is 5.56 Å². The first kappa shape index (κ1) is 11.7. The molecule has 0 radical (unpaired) electrons. The van der Waals surface area contributed by atoms with Gasteiger partial charge in [-0.2, -0.15) is 5.26 Å². The maximum atomic E-state index is 12.4. The molecule has 2 aromatic rings. The van der Waals surface area contributed by atoms with Gasteiger partial charge in [0.1, 0.15) is 0 Å². The van der Waals surface area contributed by atoms with Gasteiger partial charge in [0.05, 0.1) is 6.07 Å². The van der Waals surface area contributed by atoms with E-state index in [9.17, 15) is 10.1 Å². The SMILES string of the molecule is N#CC1c2sccc2C=CN1C(=O)c1ccccc1. The van der Waals surface area contributed by atoms with Crippen LogP contribution in [0.4, 0.5) is 0 Å². The van der Waals surface area contributed by atoms with E-state index in [1.807, 2.05) is 35.7 Å². The fourth-order valence-corrected chi connectivity index (χ4v) is 3.03. The number of amides is 1. The standard InChI is InChI=1S/C15H10N2OS/c16-10-13-14-11(7-9-19-14)6-8-17(13)15(18)12-4-2-1-3-5-12/h1-9,13H. The summed E-state index contributed by atoms with van der Waals surface area (Å²) < 4.78 is 0. The molecule has 1 unspecified atom stereocenters. The molecule has 1 aliphatic rings. The van der Waals surface area contributed by atoms with Gasteiger partial charge in [-0.05, 0) is 35.2 Å². The highest BCUT2D eigenvalue weighted by Crippen LogP contribution is 2.34. The van der Waals surface area contributed by atoms with Crippen LogP contribution < -0.4 is 0 Å². The summed E-state index contributed by atoms with van der Waals surface area (Å²) in [7, 11) is 0. The van der Waals surface area contributed by atoms with Crippen molar-refractivity contribution in [2.75, 3.05) is 0 Å². The number of carbonyl (C=O) groups is 1. The molecule has 1 aromatic carbocycles. The Balaban J connectivity index is 1.99. The molecule has 19 heavy (non-hydrogen) atoms. The lowest BCUT2D eigenvalue weighted by Gasteiger charge is -2.26. The third-order valence-corrected chi connectivity index (χ3v) is 4.03. The van der Waals surface area contributed by atoms with Gasteiger partial charge < -0.3 is 0 Å². The number of carbonyl (C=O) groups excluding carboxylic acids is 1. The van der Waals surface area contributed by atoms with E-state index < -0.39 is 6.04 Å². The number of benzene rings is 1. The fourth-order valence-electron chi connectivity index (χ4n) is 2.10. The molecule has 92 valence electrons. The van der Waals surface area contributed by atoms with E-state index in [2.05, 4.69) is 6.07 Å². The molecule has 0 spiro atoms. The predicted octanol–water partition coefficient (Wildman–Crippen LogP) is 3.44. The molecule has 3 rings (SSSR count). The lowest BCUT2D eigenvalue weighted by Crippen LogP contribution is -2.31. The van der Waals surface area contributed by atoms with Crippen molar-refractivity contribution in [3.05, 3.63) is 64.0 Å². The lowest BCUT2D eigenvalue weighted by molar-refractivity contribution is 0.0796. The Kier molecular flexibility index (Phi) is 2.90. The summed E-state index contributed by atoms with van der Waals surface area (Å²) in [6, 6.07) is 12.7. The number of hydrogen-bond acceptors (Lipinski definition) is 3. The van der Waals surface area contributed by atoms with Gasteiger partial charge in [-0.25, -0.2) is 0 Å². The first-order valence-electron chi connectivity index (χ1n) is 5.84. The molecular formula is C15H10N2OS. The van der Waals surface area contributed by atoms with Gasteiger partial charge in [0.2, 0.25) is 0 Å². The Morgan fingerprint density at radius 2 is 2.05 bits per heavy atom. The molecular weight excluding hydrogens is 256 g/mol. The zero-order chi connectivity index (χ0) is 13.2. The number of rotatable bonds is 1. The molecule has 0 saturated carbocycles. The van der Waals surface area contributed by atoms with Crippen LogP contribution in [0.25, 0.3) is 6.08 Å². The first-order valence-corrected chi connectivity index (χ1v) is 6.72. The average Bonchev–Trinajstić information content (AvgIpc) is 2.94. The minimum atomic E-state index is -0.535. The molecule has 1 aromatic heterocycles. The van der Waals surface area contributed by atoms with E-state index in [1.54, 1.807) is 18.3 Å². The molecule has 3 nitrogen and oxygen atoms in total. The molecule has 0 N–H and O–H groups in total. The Morgan fingerprint density at radius 1 is 1.26 bits per heavy atom. The van der Waals surface area contributed by atoms with Crippen LogP contribution in [0, 0.1) is 11.3 Å². The Bertz CT molecular complexity index is 682. The first-order chi connectivity index (χ1) is 9.31. The normalized spacial score (nSPS) is 16.8. The molecule has 2 heterocycles. The topological polar surface area (TPSA) is 44.1 Å². The summed E-state index contributed by atoms with van der Waals surface area (Å²) in [4.78, 5) is 14.8. The second-order valence-electron chi connectivity index (χ2n) is 4.17. The Morgan fingerprint density at radius 3 is 2.79 bits per heavy atom. The highest BCUT2D eigenvalue weighted by atomic mass is 32.1. The third kappa shape index (κ3) is 1.94. The number of thiophene rings is 1. The van der Waals surface area contributed by atoms with E-state index in [4.69, 9.17) is 0 Å². The second-order valence-corrected chi connectivity index (χ2v) is 5.11. The fraction of sp³-hybridized carbons (Fsp3) is 0.0667. The molecule has 0 aliphatic carbocycles. The molecule has 1 aliphatic heterocycles. The van der Waals surface area contributed by atoms with Gasteiger partial charge in [-0.1, -0.05) is 18.2 Å². The largest absolute Gasteiger partial charge is 0.293 e. The van der Waals surface area contributed by atoms with Gasteiger partial charge in [-0.3, -0.25) is 9.69 Å². The van der Waals surface area contributed by atoms with Gasteiger partial charge in [-0.15, -0.1) is 11.3 Å². The van der Waals surface area contributed by atoms with Gasteiger partial charge in [0.15, 0.2) is 6.04 Å². The van der Waals surface area contributed by atoms with E-state index in [1.165, 1.54) is 16.2 Å². The maximum absolute atomic E-state index is 12.4. The van der Waals surface area contributed by atoms with Crippen LogP contribution in [-0.4, -0.2) is 10.8 Å². The number of nitrogens with zero attached hydrogens (tertiary/aromatic N) is 2. The van der Waals surface area contributed by atoms with Crippen LogP contribution in [0.2, 0.25) is 0 Å². The van der Waals surface area contributed by atoms with E-state index in [-0.39, 0.29) is 5.91 Å². The lowest BCUT2D eigenvalue weighted by atomic mass is 10.1. The minimum absolute atomic E-state index is 0.151. The Hall–Kier alpha value is -2.38. The van der Waals surface area contributed by atoms with Crippen molar-refractivity contribution in [3.63, 3.8) is 0 Å². The van der Waals surface area contributed by atoms with Crippen LogP contribution in [0.15, 0.2) is 48.0 Å². The molecule has 0 fully saturated rings. The van der Waals surface area contributed by atoms with Crippen molar-refractivity contribution in [1.82, 2.24) is 4.90 Å². The van der Waals surface area contributed by atoms with Crippen molar-refractivity contribution in [2.24, 2.45) is 0 Å². The van der Waals surface area contributed by atoms with E-state index in [0.717, 1.165) is 10.4 Å². The van der Waals surface area contributed by atoms with Gasteiger partial charge in [0, 0.05) is 16.6 Å². The number of hydrogen-bond donors (Lipinski definition) is 0. The number of nitriles is 1. The summed E-state index contributed by atoms with van der Waals surface area (Å²) in [5, 5.41) is 11.3.